The van der Waals surface area contributed by atoms with Crippen molar-refractivity contribution >= 4 is 5.91 Å². The Labute approximate surface area is 161 Å². The number of ether oxygens (including phenoxy) is 3. The summed E-state index contributed by atoms with van der Waals surface area (Å²) < 4.78 is 16.6. The highest BCUT2D eigenvalue weighted by Crippen LogP contribution is 2.36. The number of rotatable bonds is 7. The number of hydrogen-bond acceptors (Lipinski definition) is 5. The van der Waals surface area contributed by atoms with Gasteiger partial charge in [-0.3, -0.25) is 4.79 Å². The minimum absolute atomic E-state index is 0.0603. The number of benzene rings is 1. The fraction of sp³-hybridized carbons (Fsp3) is 0.667. The van der Waals surface area contributed by atoms with Crippen molar-refractivity contribution in [3.05, 3.63) is 29.8 Å². The Hall–Kier alpha value is -1.63. The highest BCUT2D eigenvalue weighted by Gasteiger charge is 2.41. The number of carbonyl (C=O) groups is 1. The number of hydrogen-bond donors (Lipinski definition) is 2. The van der Waals surface area contributed by atoms with Gasteiger partial charge in [-0.15, -0.1) is 0 Å². The molecule has 0 bridgehead atoms. The Morgan fingerprint density at radius 2 is 1.67 bits per heavy atom. The molecule has 2 saturated heterocycles. The minimum atomic E-state index is -0.497. The number of nitrogens with one attached hydrogen (secondary N) is 1. The molecular formula is C21H32N2O4. The minimum Gasteiger partial charge on any atom is -0.494 e. The van der Waals surface area contributed by atoms with Crippen LogP contribution in [0, 0.1) is 5.41 Å². The third-order valence-corrected chi connectivity index (χ3v) is 6.14. The molecule has 0 saturated carbocycles. The lowest BCUT2D eigenvalue weighted by atomic mass is 9.73. The molecule has 0 spiro atoms. The Morgan fingerprint density at radius 3 is 2.22 bits per heavy atom. The first-order chi connectivity index (χ1) is 13.1. The number of nitrogens with two attached hydrogens (primary N) is 1. The van der Waals surface area contributed by atoms with Crippen LogP contribution in [0.5, 0.6) is 5.75 Å². The van der Waals surface area contributed by atoms with E-state index in [1.807, 2.05) is 19.1 Å². The van der Waals surface area contributed by atoms with Crippen LogP contribution >= 0.6 is 0 Å². The van der Waals surface area contributed by atoms with E-state index in [0.717, 1.165) is 18.6 Å². The van der Waals surface area contributed by atoms with E-state index in [1.54, 1.807) is 0 Å². The first kappa shape index (κ1) is 20.1. The van der Waals surface area contributed by atoms with Gasteiger partial charge in [0.1, 0.15) is 5.75 Å². The molecular weight excluding hydrogens is 344 g/mol. The lowest BCUT2D eigenvalue weighted by Crippen LogP contribution is -2.53. The van der Waals surface area contributed by atoms with Crippen LogP contribution in [0.1, 0.15) is 38.2 Å². The average molecular weight is 376 g/mol. The monoisotopic (exact) mass is 376 g/mol. The molecule has 3 rings (SSSR count). The largest absolute Gasteiger partial charge is 0.494 e. The van der Waals surface area contributed by atoms with Crippen molar-refractivity contribution in [3.8, 4) is 5.75 Å². The van der Waals surface area contributed by atoms with Gasteiger partial charge >= 0.3 is 0 Å². The molecule has 2 aliphatic heterocycles. The van der Waals surface area contributed by atoms with E-state index in [-0.39, 0.29) is 11.3 Å². The molecule has 0 radical (unpaired) electrons. The maximum Gasteiger partial charge on any atom is 0.227 e. The zero-order valence-electron chi connectivity index (χ0n) is 16.3. The topological polar surface area (TPSA) is 82.8 Å². The Bertz CT molecular complexity index is 605. The molecule has 150 valence electrons. The Balaban J connectivity index is 1.73. The summed E-state index contributed by atoms with van der Waals surface area (Å²) in [5.74, 6) is 0.932. The van der Waals surface area contributed by atoms with Crippen molar-refractivity contribution in [1.29, 1.82) is 0 Å². The van der Waals surface area contributed by atoms with E-state index in [9.17, 15) is 4.79 Å². The van der Waals surface area contributed by atoms with Crippen LogP contribution in [-0.4, -0.2) is 52.0 Å². The van der Waals surface area contributed by atoms with Crippen LogP contribution in [0.3, 0.4) is 0 Å². The van der Waals surface area contributed by atoms with Crippen LogP contribution in [0.4, 0.5) is 0 Å². The van der Waals surface area contributed by atoms with Gasteiger partial charge in [0.25, 0.3) is 0 Å². The first-order valence-electron chi connectivity index (χ1n) is 10.0. The van der Waals surface area contributed by atoms with E-state index in [0.29, 0.717) is 59.0 Å². The molecule has 0 unspecified atom stereocenters. The lowest BCUT2D eigenvalue weighted by molar-refractivity contribution is -0.136. The number of carbonyl (C=O) groups excluding carboxylic acids is 1. The molecule has 27 heavy (non-hydrogen) atoms. The van der Waals surface area contributed by atoms with Crippen LogP contribution in [0.25, 0.3) is 0 Å². The second-order valence-electron chi connectivity index (χ2n) is 7.63. The van der Waals surface area contributed by atoms with E-state index < -0.39 is 5.41 Å². The zero-order valence-corrected chi connectivity index (χ0v) is 16.3. The molecule has 1 amide bonds. The van der Waals surface area contributed by atoms with Crippen molar-refractivity contribution in [2.45, 2.75) is 38.0 Å². The van der Waals surface area contributed by atoms with E-state index in [4.69, 9.17) is 19.9 Å². The molecule has 2 aliphatic rings. The van der Waals surface area contributed by atoms with Gasteiger partial charge < -0.3 is 25.3 Å². The normalized spacial score (nSPS) is 21.4. The smallest absolute Gasteiger partial charge is 0.227 e. The second-order valence-corrected chi connectivity index (χ2v) is 7.63. The van der Waals surface area contributed by atoms with Gasteiger partial charge in [-0.25, -0.2) is 0 Å². The zero-order chi connectivity index (χ0) is 19.2. The van der Waals surface area contributed by atoms with Crippen LogP contribution in [-0.2, 0) is 19.7 Å². The van der Waals surface area contributed by atoms with Gasteiger partial charge in [-0.2, -0.15) is 0 Å². The third kappa shape index (κ3) is 4.45. The maximum absolute atomic E-state index is 13.0. The molecule has 1 aromatic carbocycles. The van der Waals surface area contributed by atoms with E-state index in [2.05, 4.69) is 17.4 Å². The average Bonchev–Trinajstić information content (AvgIpc) is 2.74. The number of amides is 1. The van der Waals surface area contributed by atoms with Crippen molar-refractivity contribution in [1.82, 2.24) is 5.32 Å². The summed E-state index contributed by atoms with van der Waals surface area (Å²) in [5.41, 5.74) is 6.60. The molecule has 2 fully saturated rings. The fourth-order valence-electron chi connectivity index (χ4n) is 4.12. The van der Waals surface area contributed by atoms with Crippen molar-refractivity contribution in [3.63, 3.8) is 0 Å². The molecule has 6 heteroatoms. The fourth-order valence-corrected chi connectivity index (χ4v) is 4.12. The van der Waals surface area contributed by atoms with Crippen molar-refractivity contribution < 1.29 is 19.0 Å². The highest BCUT2D eigenvalue weighted by atomic mass is 16.5. The van der Waals surface area contributed by atoms with Gasteiger partial charge in [0.05, 0.1) is 12.0 Å². The summed E-state index contributed by atoms with van der Waals surface area (Å²) >= 11 is 0. The van der Waals surface area contributed by atoms with Crippen molar-refractivity contribution in [2.24, 2.45) is 11.1 Å². The van der Waals surface area contributed by atoms with Crippen LogP contribution in [0.15, 0.2) is 24.3 Å². The van der Waals surface area contributed by atoms with Crippen LogP contribution < -0.4 is 15.8 Å². The Kier molecular flexibility index (Phi) is 6.73. The summed E-state index contributed by atoms with van der Waals surface area (Å²) in [5, 5.41) is 3.23. The third-order valence-electron chi connectivity index (χ3n) is 6.14. The van der Waals surface area contributed by atoms with E-state index >= 15 is 0 Å². The molecule has 0 atom stereocenters. The quantitative estimate of drug-likeness (QED) is 0.761. The summed E-state index contributed by atoms with van der Waals surface area (Å²) in [7, 11) is 0. The standard InChI is InChI=1S/C21H32N2O4/c1-2-27-18-5-3-17(4-6-18)21(9-13-26-14-10-21)16-23-19(24)20(15-22)7-11-25-12-8-20/h3-6H,2,7-16,22H2,1H3,(H,23,24). The van der Waals surface area contributed by atoms with Gasteiger partial charge in [0, 0.05) is 44.9 Å². The molecule has 2 heterocycles. The second kappa shape index (κ2) is 9.04. The van der Waals surface area contributed by atoms with Crippen molar-refractivity contribution in [2.75, 3.05) is 46.1 Å². The summed E-state index contributed by atoms with van der Waals surface area (Å²) in [4.78, 5) is 13.0. The Morgan fingerprint density at radius 1 is 1.07 bits per heavy atom. The van der Waals surface area contributed by atoms with Gasteiger partial charge in [0.15, 0.2) is 0 Å². The molecule has 0 aromatic heterocycles. The van der Waals surface area contributed by atoms with Gasteiger partial charge in [-0.05, 0) is 50.3 Å². The predicted octanol–water partition coefficient (Wildman–Crippen LogP) is 2.01. The lowest BCUT2D eigenvalue weighted by Gasteiger charge is -2.40. The maximum atomic E-state index is 13.0. The molecule has 1 aromatic rings. The van der Waals surface area contributed by atoms with E-state index in [1.165, 1.54) is 5.56 Å². The molecule has 0 aliphatic carbocycles. The first-order valence-corrected chi connectivity index (χ1v) is 10.0. The van der Waals surface area contributed by atoms with Gasteiger partial charge in [0.2, 0.25) is 5.91 Å². The summed E-state index contributed by atoms with van der Waals surface area (Å²) in [6, 6.07) is 8.26. The molecule has 3 N–H and O–H groups in total. The highest BCUT2D eigenvalue weighted by molar-refractivity contribution is 5.83. The summed E-state index contributed by atoms with van der Waals surface area (Å²) in [6.45, 7) is 6.21. The predicted molar refractivity (Wildman–Crippen MR) is 104 cm³/mol. The summed E-state index contributed by atoms with van der Waals surface area (Å²) in [6.07, 6.45) is 3.16. The molecule has 6 nitrogen and oxygen atoms in total. The SMILES string of the molecule is CCOc1ccc(C2(CNC(=O)C3(CN)CCOCC3)CCOCC2)cc1. The van der Waals surface area contributed by atoms with Crippen LogP contribution in [0.2, 0.25) is 0 Å². The van der Waals surface area contributed by atoms with Gasteiger partial charge in [-0.1, -0.05) is 12.1 Å².